The minimum atomic E-state index is -2.16. The van der Waals surface area contributed by atoms with Gasteiger partial charge < -0.3 is 30.8 Å². The zero-order valence-electron chi connectivity index (χ0n) is 24.3. The van der Waals surface area contributed by atoms with Crippen LogP contribution in [0.1, 0.15) is 75.0 Å². The molecule has 3 aliphatic carbocycles. The first-order valence-electron chi connectivity index (χ1n) is 14.1. The molecule has 1 heterocycles. The Balaban J connectivity index is 1.30. The highest BCUT2D eigenvalue weighted by Gasteiger charge is 2.61. The average molecular weight is 635 g/mol. The van der Waals surface area contributed by atoms with Gasteiger partial charge in [-0.15, -0.1) is 0 Å². The van der Waals surface area contributed by atoms with Gasteiger partial charge in [-0.3, -0.25) is 28.8 Å². The van der Waals surface area contributed by atoms with E-state index in [1.807, 2.05) is 0 Å². The van der Waals surface area contributed by atoms with E-state index < -0.39 is 85.3 Å². The molecule has 7 rings (SSSR count). The van der Waals surface area contributed by atoms with E-state index in [9.17, 15) is 44.1 Å². The number of rotatable bonds is 4. The molecule has 1 spiro atoms. The van der Waals surface area contributed by atoms with Crippen LogP contribution in [0.2, 0.25) is 0 Å². The first-order chi connectivity index (χ1) is 22.4. The van der Waals surface area contributed by atoms with Gasteiger partial charge in [0.25, 0.3) is 11.5 Å². The fourth-order valence-electron chi connectivity index (χ4n) is 6.69. The first-order valence-corrected chi connectivity index (χ1v) is 14.1. The number of methoxy groups -OCH3 is 1. The summed E-state index contributed by atoms with van der Waals surface area (Å²) < 4.78 is 4.91. The molecule has 14 heteroatoms. The van der Waals surface area contributed by atoms with Gasteiger partial charge in [-0.2, -0.15) is 5.10 Å². The smallest absolute Gasteiger partial charge is 0.271 e. The lowest BCUT2D eigenvalue weighted by molar-refractivity contribution is 0.0790. The molecule has 14 nitrogen and oxygen atoms in total. The molecule has 47 heavy (non-hydrogen) atoms. The van der Waals surface area contributed by atoms with Gasteiger partial charge in [0.2, 0.25) is 5.78 Å². The molecule has 1 unspecified atom stereocenters. The highest BCUT2D eigenvalue weighted by molar-refractivity contribution is 6.38. The van der Waals surface area contributed by atoms with E-state index in [2.05, 4.69) is 15.5 Å². The molecule has 7 N–H and O–H groups in total. The largest absolute Gasteiger partial charge is 0.507 e. The molecular weight excluding hydrogens is 612 g/mol. The molecule has 1 atom stereocenters. The number of carbonyl (C=O) groups is 5. The summed E-state index contributed by atoms with van der Waals surface area (Å²) in [4.78, 5) is 82.1. The van der Waals surface area contributed by atoms with E-state index in [-0.39, 0.29) is 34.9 Å². The van der Waals surface area contributed by atoms with Crippen LogP contribution in [0, 0.1) is 0 Å². The monoisotopic (exact) mass is 634 g/mol. The number of carbonyl (C=O) groups excluding carboxylic acids is 5. The van der Waals surface area contributed by atoms with Crippen molar-refractivity contribution < 1.29 is 44.0 Å². The lowest BCUT2D eigenvalue weighted by Gasteiger charge is -2.22. The molecule has 0 saturated heterocycles. The topological polar surface area (TPSA) is 239 Å². The number of aromatic hydroxyl groups is 3. The van der Waals surface area contributed by atoms with Crippen LogP contribution >= 0.6 is 0 Å². The molecular formula is C33H22N4O10. The fourth-order valence-corrected chi connectivity index (χ4v) is 6.69. The number of benzene rings is 3. The van der Waals surface area contributed by atoms with Gasteiger partial charge in [0, 0.05) is 22.9 Å². The summed E-state index contributed by atoms with van der Waals surface area (Å²) in [6.45, 7) is 0. The number of aryl methyl sites for hydroxylation is 1. The van der Waals surface area contributed by atoms with Gasteiger partial charge in [0.05, 0.1) is 46.7 Å². The molecule has 4 aromatic rings. The van der Waals surface area contributed by atoms with Crippen LogP contribution in [-0.4, -0.2) is 62.7 Å². The van der Waals surface area contributed by atoms with Crippen molar-refractivity contribution in [2.24, 2.45) is 5.10 Å². The summed E-state index contributed by atoms with van der Waals surface area (Å²) >= 11 is 0. The maximum Gasteiger partial charge on any atom is 0.271 e. The number of pyridine rings is 1. The number of anilines is 1. The molecule has 0 saturated carbocycles. The van der Waals surface area contributed by atoms with Crippen molar-refractivity contribution in [3.63, 3.8) is 0 Å². The molecule has 0 fully saturated rings. The van der Waals surface area contributed by atoms with Gasteiger partial charge in [-0.1, -0.05) is 6.07 Å². The van der Waals surface area contributed by atoms with E-state index in [1.165, 1.54) is 30.5 Å². The maximum absolute atomic E-state index is 14.1. The van der Waals surface area contributed by atoms with E-state index in [1.54, 1.807) is 12.1 Å². The summed E-state index contributed by atoms with van der Waals surface area (Å²) in [5.41, 5.74) is 3.45. The number of nitrogens with one attached hydrogen (secondary N) is 2. The second kappa shape index (κ2) is 9.97. The van der Waals surface area contributed by atoms with Gasteiger partial charge >= 0.3 is 0 Å². The molecule has 0 aliphatic heterocycles. The third kappa shape index (κ3) is 3.87. The third-order valence-electron chi connectivity index (χ3n) is 8.80. The minimum absolute atomic E-state index is 0.0760. The SMILES string of the molecule is COC1=CC(=O)c2c(O)c3c(c(O)c2C1=O)C(=O)C1(CCc2cc4cc(/C=N/NC(=O)c5ccc(N)cc5)[nH]c(=O)c4c(O)c21)C3=O. The number of allylic oxidation sites excluding steroid dienone is 2. The maximum atomic E-state index is 14.1. The molecule has 0 radical (unpaired) electrons. The number of nitrogens with two attached hydrogens (primary N) is 1. The summed E-state index contributed by atoms with van der Waals surface area (Å²) in [6.07, 6.45) is 1.86. The number of H-pyrrole nitrogens is 1. The average Bonchev–Trinajstić information content (AvgIpc) is 3.53. The number of hydrogen-bond donors (Lipinski definition) is 6. The summed E-state index contributed by atoms with van der Waals surface area (Å²) in [6, 6.07) is 9.12. The molecule has 1 aromatic heterocycles. The van der Waals surface area contributed by atoms with E-state index >= 15 is 0 Å². The molecule has 1 amide bonds. The normalized spacial score (nSPS) is 18.1. The summed E-state index contributed by atoms with van der Waals surface area (Å²) in [5, 5.41) is 37.6. The van der Waals surface area contributed by atoms with Crippen molar-refractivity contribution in [3.8, 4) is 17.2 Å². The van der Waals surface area contributed by atoms with Crippen LogP contribution in [-0.2, 0) is 16.6 Å². The van der Waals surface area contributed by atoms with Crippen molar-refractivity contribution in [2.45, 2.75) is 18.3 Å². The van der Waals surface area contributed by atoms with Crippen LogP contribution in [0.3, 0.4) is 0 Å². The number of nitrogen functional groups attached to an aromatic ring is 1. The molecule has 3 aliphatic rings. The minimum Gasteiger partial charge on any atom is -0.507 e. The van der Waals surface area contributed by atoms with Crippen molar-refractivity contribution >= 4 is 51.7 Å². The van der Waals surface area contributed by atoms with Crippen molar-refractivity contribution in [1.82, 2.24) is 10.4 Å². The number of aromatic amines is 1. The van der Waals surface area contributed by atoms with E-state index in [4.69, 9.17) is 10.5 Å². The lowest BCUT2D eigenvalue weighted by Crippen LogP contribution is -2.36. The number of aromatic nitrogens is 1. The predicted molar refractivity (Wildman–Crippen MR) is 164 cm³/mol. The highest BCUT2D eigenvalue weighted by Crippen LogP contribution is 2.57. The first kappa shape index (κ1) is 29.2. The van der Waals surface area contributed by atoms with Gasteiger partial charge in [-0.05, 0) is 54.1 Å². The van der Waals surface area contributed by atoms with Gasteiger partial charge in [-0.25, -0.2) is 5.43 Å². The van der Waals surface area contributed by atoms with Crippen molar-refractivity contribution in [2.75, 3.05) is 12.8 Å². The van der Waals surface area contributed by atoms with Gasteiger partial charge in [0.1, 0.15) is 22.7 Å². The standard InChI is InChI=1S/C33H22N4O10/c1-47-18-10-17(38)20-21(25(18)39)27(41)23-22(26(20)40)29(43)33(30(23)44)7-6-13-8-14-9-16(36-32(46)19(14)28(42)24(13)33)11-35-37-31(45)12-2-4-15(34)5-3-12/h2-5,8-11,40-42H,6-7,34H2,1H3,(H,36,46)(H,37,45)/b35-11+. The Hall–Kier alpha value is -6.57. The number of ketones is 4. The quantitative estimate of drug-likeness (QED) is 0.0625. The van der Waals surface area contributed by atoms with Crippen molar-refractivity contribution in [1.29, 1.82) is 0 Å². The second-order valence-electron chi connectivity index (χ2n) is 11.3. The Labute approximate surface area is 262 Å². The van der Waals surface area contributed by atoms with Crippen LogP contribution in [0.5, 0.6) is 17.2 Å². The third-order valence-corrected chi connectivity index (χ3v) is 8.80. The number of phenolic OH excluding ortho intramolecular Hbond substituents is 3. The molecule has 0 bridgehead atoms. The van der Waals surface area contributed by atoms with Gasteiger partial charge in [0.15, 0.2) is 23.1 Å². The van der Waals surface area contributed by atoms with Crippen LogP contribution in [0.25, 0.3) is 10.8 Å². The van der Waals surface area contributed by atoms with Crippen LogP contribution < -0.4 is 16.7 Å². The Morgan fingerprint density at radius 2 is 1.62 bits per heavy atom. The van der Waals surface area contributed by atoms with Crippen LogP contribution in [0.4, 0.5) is 5.69 Å². The Morgan fingerprint density at radius 3 is 2.28 bits per heavy atom. The number of fused-ring (bicyclic) bond motifs is 5. The number of ether oxygens (including phenoxy) is 1. The fraction of sp³-hybridized carbons (Fsp3) is 0.121. The summed E-state index contributed by atoms with van der Waals surface area (Å²) in [5.74, 6) is -7.46. The zero-order valence-corrected chi connectivity index (χ0v) is 24.3. The number of amides is 1. The number of phenols is 3. The highest BCUT2D eigenvalue weighted by atomic mass is 16.5. The second-order valence-corrected chi connectivity index (χ2v) is 11.3. The molecule has 3 aromatic carbocycles. The zero-order chi connectivity index (χ0) is 33.5. The predicted octanol–water partition coefficient (Wildman–Crippen LogP) is 2.16. The lowest BCUT2D eigenvalue weighted by atomic mass is 9.76. The van der Waals surface area contributed by atoms with Crippen LogP contribution in [0.15, 0.2) is 58.1 Å². The summed E-state index contributed by atoms with van der Waals surface area (Å²) in [7, 11) is 1.12. The Kier molecular flexibility index (Phi) is 6.18. The Bertz CT molecular complexity index is 2320. The number of nitrogens with zero attached hydrogens (tertiary/aromatic N) is 1. The number of hydrogen-bond acceptors (Lipinski definition) is 12. The van der Waals surface area contributed by atoms with E-state index in [0.717, 1.165) is 13.2 Å². The Morgan fingerprint density at radius 1 is 0.957 bits per heavy atom. The number of Topliss-reactive ketones (excluding diaryl/α,β-unsaturated/α-hetero) is 3. The molecule has 234 valence electrons. The number of hydrazone groups is 1. The van der Waals surface area contributed by atoms with E-state index in [0.29, 0.717) is 16.8 Å². The van der Waals surface area contributed by atoms with Crippen molar-refractivity contribution in [3.05, 3.63) is 103 Å².